The smallest absolute Gasteiger partial charge is 0.227 e. The van der Waals surface area contributed by atoms with Gasteiger partial charge in [0, 0.05) is 11.9 Å². The topological polar surface area (TPSA) is 85.6 Å². The van der Waals surface area contributed by atoms with Crippen molar-refractivity contribution in [3.8, 4) is 0 Å². The fourth-order valence-electron chi connectivity index (χ4n) is 2.05. The summed E-state index contributed by atoms with van der Waals surface area (Å²) in [5.41, 5.74) is 1.94. The van der Waals surface area contributed by atoms with Gasteiger partial charge >= 0.3 is 0 Å². The molecule has 0 unspecified atom stereocenters. The molecular formula is C15H16N6OS. The summed E-state index contributed by atoms with van der Waals surface area (Å²) in [6.07, 6.45) is 0.284. The minimum atomic E-state index is -0.0339. The van der Waals surface area contributed by atoms with Crippen LogP contribution in [0.4, 0.5) is 0 Å². The first-order valence-corrected chi connectivity index (χ1v) is 8.05. The van der Waals surface area contributed by atoms with Crippen molar-refractivity contribution in [3.63, 3.8) is 0 Å². The maximum absolute atomic E-state index is 12.0. The number of hydrogen-bond donors (Lipinski definition) is 1. The molecular weight excluding hydrogens is 312 g/mol. The number of nitrogens with one attached hydrogen (secondary N) is 1. The second-order valence-corrected chi connectivity index (χ2v) is 6.00. The van der Waals surface area contributed by atoms with Crippen LogP contribution in [0.5, 0.6) is 0 Å². The Bertz CT molecular complexity index is 782. The van der Waals surface area contributed by atoms with Crippen molar-refractivity contribution >= 4 is 17.2 Å². The number of hydrogen-bond acceptors (Lipinski definition) is 6. The number of amides is 1. The van der Waals surface area contributed by atoms with Crippen molar-refractivity contribution in [1.29, 1.82) is 0 Å². The number of carbonyl (C=O) groups is 1. The van der Waals surface area contributed by atoms with Crippen LogP contribution < -0.4 is 5.32 Å². The molecule has 7 nitrogen and oxygen atoms in total. The first-order valence-electron chi connectivity index (χ1n) is 7.17. The fourth-order valence-corrected chi connectivity index (χ4v) is 2.83. The van der Waals surface area contributed by atoms with Gasteiger partial charge in [-0.05, 0) is 22.9 Å². The van der Waals surface area contributed by atoms with Gasteiger partial charge in [0.15, 0.2) is 0 Å². The van der Waals surface area contributed by atoms with Gasteiger partial charge in [0.2, 0.25) is 5.91 Å². The number of nitrogens with zero attached hydrogens (tertiary/aromatic N) is 5. The van der Waals surface area contributed by atoms with Crippen LogP contribution in [-0.2, 0) is 24.3 Å². The van der Waals surface area contributed by atoms with Crippen LogP contribution in [0, 0.1) is 6.92 Å². The molecule has 1 N–H and O–H groups in total. The first-order chi connectivity index (χ1) is 11.2. The van der Waals surface area contributed by atoms with Gasteiger partial charge in [0.05, 0.1) is 18.7 Å². The number of aromatic nitrogens is 5. The average Bonchev–Trinajstić information content (AvgIpc) is 3.16. The van der Waals surface area contributed by atoms with E-state index in [4.69, 9.17) is 0 Å². The van der Waals surface area contributed by atoms with Crippen molar-refractivity contribution < 1.29 is 4.79 Å². The third-order valence-corrected chi connectivity index (χ3v) is 4.16. The molecule has 0 saturated heterocycles. The third-order valence-electron chi connectivity index (χ3n) is 3.27. The normalized spacial score (nSPS) is 10.7. The lowest BCUT2D eigenvalue weighted by molar-refractivity contribution is -0.120. The molecule has 118 valence electrons. The molecule has 0 aliphatic carbocycles. The molecule has 2 aromatic heterocycles. The number of aryl methyl sites for hydroxylation is 1. The zero-order valence-electron chi connectivity index (χ0n) is 12.6. The van der Waals surface area contributed by atoms with Gasteiger partial charge in [-0.15, -0.1) is 16.4 Å². The van der Waals surface area contributed by atoms with Crippen molar-refractivity contribution in [2.45, 2.75) is 26.4 Å². The van der Waals surface area contributed by atoms with E-state index in [1.165, 1.54) is 11.3 Å². The molecule has 23 heavy (non-hydrogen) atoms. The van der Waals surface area contributed by atoms with Gasteiger partial charge in [0.1, 0.15) is 10.8 Å². The number of carbonyl (C=O) groups excluding carboxylic acids is 1. The highest BCUT2D eigenvalue weighted by Crippen LogP contribution is 2.12. The standard InChI is InChI=1S/C15H16N6OS/c1-11-18-19-20-21(11)9-13-10-23-15(17-13)7-14(22)16-8-12-5-3-2-4-6-12/h2-6,10H,7-9H2,1H3,(H,16,22). The van der Waals surface area contributed by atoms with Gasteiger partial charge in [-0.3, -0.25) is 4.79 Å². The summed E-state index contributed by atoms with van der Waals surface area (Å²) < 4.78 is 1.67. The SMILES string of the molecule is Cc1nnnn1Cc1csc(CC(=O)NCc2ccccc2)n1. The highest BCUT2D eigenvalue weighted by Gasteiger charge is 2.09. The number of thiazole rings is 1. The van der Waals surface area contributed by atoms with Crippen LogP contribution in [0.25, 0.3) is 0 Å². The number of rotatable bonds is 6. The van der Waals surface area contributed by atoms with Gasteiger partial charge in [0.25, 0.3) is 0 Å². The van der Waals surface area contributed by atoms with Gasteiger partial charge < -0.3 is 5.32 Å². The zero-order chi connectivity index (χ0) is 16.1. The molecule has 0 spiro atoms. The Kier molecular flexibility index (Phi) is 4.72. The molecule has 1 aromatic carbocycles. The molecule has 0 atom stereocenters. The van der Waals surface area contributed by atoms with E-state index in [9.17, 15) is 4.79 Å². The largest absolute Gasteiger partial charge is 0.352 e. The van der Waals surface area contributed by atoms with Crippen molar-refractivity contribution in [3.05, 3.63) is 57.8 Å². The maximum Gasteiger partial charge on any atom is 0.227 e. The van der Waals surface area contributed by atoms with E-state index >= 15 is 0 Å². The highest BCUT2D eigenvalue weighted by atomic mass is 32.1. The molecule has 0 aliphatic rings. The Balaban J connectivity index is 1.52. The van der Waals surface area contributed by atoms with Crippen LogP contribution in [0.2, 0.25) is 0 Å². The lowest BCUT2D eigenvalue weighted by atomic mass is 10.2. The van der Waals surface area contributed by atoms with E-state index in [-0.39, 0.29) is 12.3 Å². The van der Waals surface area contributed by atoms with E-state index < -0.39 is 0 Å². The Labute approximate surface area is 137 Å². The second kappa shape index (κ2) is 7.10. The summed E-state index contributed by atoms with van der Waals surface area (Å²) in [6.45, 7) is 2.88. The van der Waals surface area contributed by atoms with Gasteiger partial charge in [-0.1, -0.05) is 30.3 Å². The Hall–Kier alpha value is -2.61. The maximum atomic E-state index is 12.0. The molecule has 0 saturated carbocycles. The first kappa shape index (κ1) is 15.3. The van der Waals surface area contributed by atoms with Crippen molar-refractivity contribution in [2.24, 2.45) is 0 Å². The predicted molar refractivity (Wildman–Crippen MR) is 85.8 cm³/mol. The molecule has 0 bridgehead atoms. The summed E-state index contributed by atoms with van der Waals surface area (Å²) in [4.78, 5) is 16.4. The van der Waals surface area contributed by atoms with Crippen molar-refractivity contribution in [1.82, 2.24) is 30.5 Å². The number of tetrazole rings is 1. The van der Waals surface area contributed by atoms with Crippen molar-refractivity contribution in [2.75, 3.05) is 0 Å². The quantitative estimate of drug-likeness (QED) is 0.738. The van der Waals surface area contributed by atoms with Crippen LogP contribution in [-0.4, -0.2) is 31.1 Å². The van der Waals surface area contributed by atoms with E-state index in [0.29, 0.717) is 13.1 Å². The lowest BCUT2D eigenvalue weighted by Gasteiger charge is -2.03. The van der Waals surface area contributed by atoms with Gasteiger partial charge in [-0.25, -0.2) is 9.67 Å². The van der Waals surface area contributed by atoms with Crippen LogP contribution in [0.3, 0.4) is 0 Å². The molecule has 8 heteroatoms. The Morgan fingerprint density at radius 2 is 2.13 bits per heavy atom. The predicted octanol–water partition coefficient (Wildman–Crippen LogP) is 1.35. The molecule has 2 heterocycles. The summed E-state index contributed by atoms with van der Waals surface area (Å²) in [5, 5.41) is 16.9. The molecule has 3 rings (SSSR count). The summed E-state index contributed by atoms with van der Waals surface area (Å²) in [5.74, 6) is 0.702. The zero-order valence-corrected chi connectivity index (χ0v) is 13.5. The second-order valence-electron chi connectivity index (χ2n) is 5.06. The number of benzene rings is 1. The van der Waals surface area contributed by atoms with Crippen LogP contribution in [0.1, 0.15) is 22.1 Å². The van der Waals surface area contributed by atoms with Crippen LogP contribution >= 0.6 is 11.3 Å². The minimum Gasteiger partial charge on any atom is -0.352 e. The van der Waals surface area contributed by atoms with E-state index in [0.717, 1.165) is 22.1 Å². The average molecular weight is 328 g/mol. The summed E-state index contributed by atoms with van der Waals surface area (Å²) in [6, 6.07) is 9.83. The van der Waals surface area contributed by atoms with Crippen LogP contribution in [0.15, 0.2) is 35.7 Å². The lowest BCUT2D eigenvalue weighted by Crippen LogP contribution is -2.24. The van der Waals surface area contributed by atoms with E-state index in [2.05, 4.69) is 25.8 Å². The Morgan fingerprint density at radius 3 is 2.87 bits per heavy atom. The molecule has 0 radical (unpaired) electrons. The highest BCUT2D eigenvalue weighted by molar-refractivity contribution is 7.09. The van der Waals surface area contributed by atoms with E-state index in [1.54, 1.807) is 4.68 Å². The third kappa shape index (κ3) is 4.19. The molecule has 0 fully saturated rings. The minimum absolute atomic E-state index is 0.0339. The van der Waals surface area contributed by atoms with E-state index in [1.807, 2.05) is 42.6 Å². The molecule has 0 aliphatic heterocycles. The molecule has 1 amide bonds. The fraction of sp³-hybridized carbons (Fsp3) is 0.267. The van der Waals surface area contributed by atoms with Gasteiger partial charge in [-0.2, -0.15) is 0 Å². The summed E-state index contributed by atoms with van der Waals surface area (Å²) in [7, 11) is 0. The summed E-state index contributed by atoms with van der Waals surface area (Å²) >= 11 is 1.47. The Morgan fingerprint density at radius 1 is 1.30 bits per heavy atom. The monoisotopic (exact) mass is 328 g/mol. The molecule has 3 aromatic rings.